The summed E-state index contributed by atoms with van der Waals surface area (Å²) < 4.78 is 3.33. The molecule has 3 heterocycles. The number of nitrogens with zero attached hydrogens (tertiary/aromatic N) is 4. The van der Waals surface area contributed by atoms with Crippen LogP contribution in [0.3, 0.4) is 0 Å². The van der Waals surface area contributed by atoms with Crippen LogP contribution in [-0.2, 0) is 0 Å². The standard InChI is InChI=1S/C20H23IN4/c1-11-4-3-5-15-10-16(18(14-8-9-14)23-20(15)22-11)25-12(2)17(13-6-7-13)19(21)24-25/h5,10-11,13-14H,3-4,6-9H2,1-2H3. The van der Waals surface area contributed by atoms with E-state index in [-0.39, 0.29) is 0 Å². The highest BCUT2D eigenvalue weighted by Gasteiger charge is 2.33. The fourth-order valence-electron chi connectivity index (χ4n) is 3.91. The van der Waals surface area contributed by atoms with Gasteiger partial charge in [-0.15, -0.1) is 0 Å². The van der Waals surface area contributed by atoms with Crippen molar-refractivity contribution in [1.29, 1.82) is 0 Å². The van der Waals surface area contributed by atoms with Crippen LogP contribution < -0.4 is 10.7 Å². The normalized spacial score (nSPS) is 22.8. The van der Waals surface area contributed by atoms with Gasteiger partial charge in [0.2, 0.25) is 0 Å². The SMILES string of the molecule is Cc1c(C2CC2)c(I)nn1-c1cc2c(nc1C1CC1)=NC(C)CCC=2. The Hall–Kier alpha value is -1.24. The number of halogens is 1. The first-order valence-electron chi connectivity index (χ1n) is 9.46. The van der Waals surface area contributed by atoms with Gasteiger partial charge in [0.05, 0.1) is 11.4 Å². The van der Waals surface area contributed by atoms with Crippen molar-refractivity contribution < 1.29 is 0 Å². The maximum atomic E-state index is 5.04. The molecule has 3 aliphatic rings. The van der Waals surface area contributed by atoms with Gasteiger partial charge in [0.15, 0.2) is 5.49 Å². The van der Waals surface area contributed by atoms with Gasteiger partial charge < -0.3 is 0 Å². The van der Waals surface area contributed by atoms with Gasteiger partial charge in [-0.1, -0.05) is 6.08 Å². The van der Waals surface area contributed by atoms with Gasteiger partial charge in [-0.05, 0) is 86.9 Å². The van der Waals surface area contributed by atoms with Gasteiger partial charge in [0.1, 0.15) is 3.70 Å². The molecule has 0 N–H and O–H groups in total. The Morgan fingerprint density at radius 1 is 1.12 bits per heavy atom. The third-order valence-electron chi connectivity index (χ3n) is 5.63. The van der Waals surface area contributed by atoms with Crippen molar-refractivity contribution in [2.45, 2.75) is 70.3 Å². The first-order valence-corrected chi connectivity index (χ1v) is 10.5. The van der Waals surface area contributed by atoms with E-state index in [4.69, 9.17) is 15.1 Å². The molecule has 5 rings (SSSR count). The van der Waals surface area contributed by atoms with Crippen LogP contribution in [0.5, 0.6) is 0 Å². The summed E-state index contributed by atoms with van der Waals surface area (Å²) in [6, 6.07) is 2.65. The molecule has 2 saturated carbocycles. The minimum atomic E-state index is 0.358. The van der Waals surface area contributed by atoms with Gasteiger partial charge in [-0.25, -0.2) is 9.67 Å². The molecular formula is C20H23IN4. The molecule has 2 fully saturated rings. The van der Waals surface area contributed by atoms with E-state index < -0.39 is 0 Å². The number of fused-ring (bicyclic) bond motifs is 1. The Bertz CT molecular complexity index is 967. The summed E-state index contributed by atoms with van der Waals surface area (Å²) in [5.41, 5.74) is 6.09. The van der Waals surface area contributed by atoms with Crippen molar-refractivity contribution in [3.63, 3.8) is 0 Å². The first-order chi connectivity index (χ1) is 12.1. The number of hydrogen-bond acceptors (Lipinski definition) is 3. The van der Waals surface area contributed by atoms with Crippen LogP contribution >= 0.6 is 22.6 Å². The quantitative estimate of drug-likeness (QED) is 0.678. The molecule has 0 aromatic carbocycles. The fourth-order valence-corrected chi connectivity index (χ4v) is 4.95. The average Bonchev–Trinajstić information content (AvgIpc) is 3.45. The van der Waals surface area contributed by atoms with E-state index in [0.29, 0.717) is 12.0 Å². The van der Waals surface area contributed by atoms with Crippen LogP contribution in [0.15, 0.2) is 11.1 Å². The largest absolute Gasteiger partial charge is 0.263 e. The fraction of sp³-hybridized carbons (Fsp3) is 0.550. The summed E-state index contributed by atoms with van der Waals surface area (Å²) in [7, 11) is 0. The lowest BCUT2D eigenvalue weighted by Crippen LogP contribution is -2.31. The van der Waals surface area contributed by atoms with Crippen LogP contribution in [-0.4, -0.2) is 20.8 Å². The lowest BCUT2D eigenvalue weighted by molar-refractivity contribution is 0.670. The van der Waals surface area contributed by atoms with Crippen LogP contribution in [0.1, 0.15) is 74.2 Å². The van der Waals surface area contributed by atoms with E-state index in [1.807, 2.05) is 0 Å². The number of aromatic nitrogens is 3. The molecule has 5 heteroatoms. The van der Waals surface area contributed by atoms with Gasteiger partial charge in [0, 0.05) is 28.4 Å². The Balaban J connectivity index is 1.74. The van der Waals surface area contributed by atoms with Crippen molar-refractivity contribution in [1.82, 2.24) is 14.8 Å². The molecule has 0 radical (unpaired) electrons. The van der Waals surface area contributed by atoms with E-state index in [1.165, 1.54) is 53.5 Å². The Labute approximate surface area is 161 Å². The summed E-state index contributed by atoms with van der Waals surface area (Å²) >= 11 is 2.41. The predicted octanol–water partition coefficient (Wildman–Crippen LogP) is 3.52. The zero-order valence-corrected chi connectivity index (χ0v) is 17.0. The molecule has 0 amide bonds. The van der Waals surface area contributed by atoms with Gasteiger partial charge in [-0.3, -0.25) is 4.99 Å². The minimum absolute atomic E-state index is 0.358. The van der Waals surface area contributed by atoms with Gasteiger partial charge in [-0.2, -0.15) is 5.10 Å². The first kappa shape index (κ1) is 16.0. The second-order valence-corrected chi connectivity index (χ2v) is 8.84. The number of rotatable bonds is 3. The molecule has 130 valence electrons. The smallest absolute Gasteiger partial charge is 0.154 e. The summed E-state index contributed by atoms with van der Waals surface area (Å²) in [5, 5.41) is 6.10. The van der Waals surface area contributed by atoms with E-state index in [1.54, 1.807) is 0 Å². The third kappa shape index (κ3) is 2.84. The summed E-state index contributed by atoms with van der Waals surface area (Å²) in [5.74, 6) is 1.31. The second kappa shape index (κ2) is 5.89. The molecule has 1 aliphatic heterocycles. The topological polar surface area (TPSA) is 43.1 Å². The minimum Gasteiger partial charge on any atom is -0.263 e. The van der Waals surface area contributed by atoms with E-state index >= 15 is 0 Å². The summed E-state index contributed by atoms with van der Waals surface area (Å²) in [6.07, 6.45) is 9.59. The maximum Gasteiger partial charge on any atom is 0.154 e. The van der Waals surface area contributed by atoms with E-state index in [9.17, 15) is 0 Å². The lowest BCUT2D eigenvalue weighted by Gasteiger charge is -2.11. The van der Waals surface area contributed by atoms with Crippen LogP contribution in [0.2, 0.25) is 0 Å². The van der Waals surface area contributed by atoms with Crippen molar-refractivity contribution in [3.05, 3.63) is 37.4 Å². The molecule has 0 saturated heterocycles. The van der Waals surface area contributed by atoms with Gasteiger partial charge in [0.25, 0.3) is 0 Å². The lowest BCUT2D eigenvalue weighted by atomic mass is 10.1. The Morgan fingerprint density at radius 3 is 2.60 bits per heavy atom. The summed E-state index contributed by atoms with van der Waals surface area (Å²) in [6.45, 7) is 4.42. The Kier molecular flexibility index (Phi) is 3.77. The van der Waals surface area contributed by atoms with Crippen LogP contribution in [0, 0.1) is 10.6 Å². The summed E-state index contributed by atoms with van der Waals surface area (Å²) in [4.78, 5) is 9.90. The zero-order chi connectivity index (χ0) is 17.1. The van der Waals surface area contributed by atoms with E-state index in [2.05, 4.69) is 53.3 Å². The van der Waals surface area contributed by atoms with Crippen molar-refractivity contribution >= 4 is 28.7 Å². The molecular weight excluding hydrogens is 423 g/mol. The third-order valence-corrected chi connectivity index (χ3v) is 6.42. The monoisotopic (exact) mass is 446 g/mol. The molecule has 1 unspecified atom stereocenters. The molecule has 0 spiro atoms. The van der Waals surface area contributed by atoms with Gasteiger partial charge >= 0.3 is 0 Å². The second-order valence-electron chi connectivity index (χ2n) is 7.82. The molecule has 4 nitrogen and oxygen atoms in total. The van der Waals surface area contributed by atoms with Crippen LogP contribution in [0.25, 0.3) is 11.8 Å². The predicted molar refractivity (Wildman–Crippen MR) is 107 cm³/mol. The maximum absolute atomic E-state index is 5.04. The number of hydrogen-bond donors (Lipinski definition) is 0. The number of pyridine rings is 1. The average molecular weight is 446 g/mol. The van der Waals surface area contributed by atoms with Crippen molar-refractivity contribution in [2.24, 2.45) is 4.99 Å². The molecule has 0 bridgehead atoms. The highest BCUT2D eigenvalue weighted by molar-refractivity contribution is 14.1. The highest BCUT2D eigenvalue weighted by Crippen LogP contribution is 2.45. The molecule has 1 atom stereocenters. The molecule has 2 aromatic heterocycles. The molecule has 2 aromatic rings. The van der Waals surface area contributed by atoms with E-state index in [0.717, 1.165) is 27.9 Å². The molecule has 2 aliphatic carbocycles. The van der Waals surface area contributed by atoms with Crippen molar-refractivity contribution in [3.8, 4) is 5.69 Å². The molecule has 25 heavy (non-hydrogen) atoms. The Morgan fingerprint density at radius 2 is 1.88 bits per heavy atom. The highest BCUT2D eigenvalue weighted by atomic mass is 127. The van der Waals surface area contributed by atoms with Crippen LogP contribution in [0.4, 0.5) is 0 Å². The van der Waals surface area contributed by atoms with Crippen molar-refractivity contribution in [2.75, 3.05) is 0 Å². The zero-order valence-electron chi connectivity index (χ0n) is 14.8.